The molecule has 3 aliphatic heterocycles. The lowest BCUT2D eigenvalue weighted by molar-refractivity contribution is -0.277. The number of hydrogen-bond donors (Lipinski definition) is 6. The largest absolute Gasteiger partial charge is 0.463 e. The number of unbranched alkanes of at least 4 members (excludes halogenated alkanes) is 9. The molecule has 0 spiro atoms. The summed E-state index contributed by atoms with van der Waals surface area (Å²) in [5, 5.41) is 17.3. The minimum atomic E-state index is -1.27. The maximum atomic E-state index is 13.9. The third kappa shape index (κ3) is 39.8. The van der Waals surface area contributed by atoms with Crippen LogP contribution in [0.25, 0.3) is 0 Å². The molecule has 37 heteroatoms. The van der Waals surface area contributed by atoms with Gasteiger partial charge in [-0.05, 0) is 70.9 Å². The highest BCUT2D eigenvalue weighted by Crippen LogP contribution is 2.32. The lowest BCUT2D eigenvalue weighted by Crippen LogP contribution is -2.66. The molecular weight excluding hydrogens is 1440 g/mol. The molecular formula is C72H117N7O30. The summed E-state index contributed by atoms with van der Waals surface area (Å²) in [6.45, 7) is 16.2. The van der Waals surface area contributed by atoms with Crippen molar-refractivity contribution in [3.63, 3.8) is 0 Å². The first kappa shape index (κ1) is 95.0. The number of carbonyl (C=O) groups excluding carboxylic acids is 15. The smallest absolute Gasteiger partial charge is 0.303 e. The Morgan fingerprint density at radius 2 is 0.578 bits per heavy atom. The Morgan fingerprint density at radius 1 is 0.303 bits per heavy atom. The molecule has 3 heterocycles. The van der Waals surface area contributed by atoms with Gasteiger partial charge in [-0.2, -0.15) is 0 Å². The van der Waals surface area contributed by atoms with Crippen LogP contribution in [0.5, 0.6) is 0 Å². The van der Waals surface area contributed by atoms with E-state index < -0.39 is 163 Å². The van der Waals surface area contributed by atoms with E-state index in [2.05, 4.69) is 31.9 Å². The van der Waals surface area contributed by atoms with Crippen molar-refractivity contribution in [3.8, 4) is 0 Å². The molecule has 3 fully saturated rings. The zero-order valence-corrected chi connectivity index (χ0v) is 65.1. The summed E-state index contributed by atoms with van der Waals surface area (Å²) in [4.78, 5) is 187. The normalized spacial score (nSPS) is 23.5. The van der Waals surface area contributed by atoms with E-state index in [0.717, 1.165) is 41.5 Å². The second kappa shape index (κ2) is 52.8. The van der Waals surface area contributed by atoms with Crippen LogP contribution in [0.2, 0.25) is 0 Å². The number of amides is 6. The predicted molar refractivity (Wildman–Crippen MR) is 378 cm³/mol. The molecule has 0 aromatic rings. The molecule has 0 aliphatic carbocycles. The number of hydrogen-bond acceptors (Lipinski definition) is 31. The quantitative estimate of drug-likeness (QED) is 0.0287. The Morgan fingerprint density at radius 3 is 0.881 bits per heavy atom. The molecule has 0 saturated carbocycles. The lowest BCUT2D eigenvalue weighted by Gasteiger charge is -2.44. The molecule has 0 aromatic heterocycles. The molecule has 15 atom stereocenters. The highest BCUT2D eigenvalue weighted by Gasteiger charge is 2.54. The second-order valence-electron chi connectivity index (χ2n) is 26.7. The summed E-state index contributed by atoms with van der Waals surface area (Å²) >= 11 is 0. The van der Waals surface area contributed by atoms with Crippen LogP contribution in [-0.2, 0) is 143 Å². The third-order valence-corrected chi connectivity index (χ3v) is 16.9. The Bertz CT molecular complexity index is 2930. The van der Waals surface area contributed by atoms with E-state index in [-0.39, 0.29) is 70.2 Å². The second-order valence-corrected chi connectivity index (χ2v) is 26.7. The van der Waals surface area contributed by atoms with Gasteiger partial charge in [-0.25, -0.2) is 0 Å². The summed E-state index contributed by atoms with van der Waals surface area (Å²) < 4.78 is 84.7. The molecule has 6 amide bonds. The predicted octanol–water partition coefficient (Wildman–Crippen LogP) is 1.68. The number of carbonyl (C=O) groups is 15. The van der Waals surface area contributed by atoms with E-state index in [1.165, 1.54) is 41.5 Å². The number of nitrogens with one attached hydrogen (secondary N) is 6. The Labute approximate surface area is 636 Å². The molecule has 3 rings (SSSR count). The van der Waals surface area contributed by atoms with Gasteiger partial charge in [0.15, 0.2) is 55.5 Å². The molecule has 620 valence electrons. The third-order valence-electron chi connectivity index (χ3n) is 16.9. The van der Waals surface area contributed by atoms with Gasteiger partial charge in [-0.1, -0.05) is 38.5 Å². The maximum absolute atomic E-state index is 13.9. The van der Waals surface area contributed by atoms with Gasteiger partial charge < -0.3 is 108 Å². The first-order chi connectivity index (χ1) is 51.8. The van der Waals surface area contributed by atoms with Crippen molar-refractivity contribution < 1.29 is 143 Å². The van der Waals surface area contributed by atoms with E-state index >= 15 is 0 Å². The van der Waals surface area contributed by atoms with Crippen LogP contribution < -0.4 is 31.9 Å². The molecule has 109 heavy (non-hydrogen) atoms. The SMILES string of the molecule is CC(=O)NC1[C@H](OCCCCCCC(=O)NCCCNCCCN(CCCNC(=O)CCCCCCO[C@@H]2OC(COC(C)=O)[C@H](OC(C)=O)[C@H](OC(C)=O)C2NC(C)=O)C(=O)CCCCCCO[C@@H]2OC(COC(C)=O)[C@H](OC(C)=O)[C@H](OC(C)=O)C2NC(C)=O)OC(COC(C)=O)[C@H](OC(C)=O)[C@@H]1OC(C)=O. The molecule has 3 saturated heterocycles. The molecule has 6 unspecified atom stereocenters. The summed E-state index contributed by atoms with van der Waals surface area (Å²) in [5.74, 6) is -8.17. The van der Waals surface area contributed by atoms with Crippen LogP contribution in [0.4, 0.5) is 0 Å². The Balaban J connectivity index is 1.52. The molecule has 0 aromatic carbocycles. The average molecular weight is 1560 g/mol. The highest BCUT2D eigenvalue weighted by molar-refractivity contribution is 5.78. The van der Waals surface area contributed by atoms with Crippen molar-refractivity contribution in [2.24, 2.45) is 0 Å². The molecule has 3 aliphatic rings. The summed E-state index contributed by atoms with van der Waals surface area (Å²) in [6, 6.07) is -3.30. The van der Waals surface area contributed by atoms with Gasteiger partial charge in [-0.15, -0.1) is 0 Å². The average Bonchev–Trinajstić information content (AvgIpc) is 0.801. The van der Waals surface area contributed by atoms with Crippen LogP contribution in [0.1, 0.15) is 199 Å². The minimum absolute atomic E-state index is 0.0717. The van der Waals surface area contributed by atoms with Crippen molar-refractivity contribution >= 4 is 89.2 Å². The Kier molecular flexibility index (Phi) is 46.0. The van der Waals surface area contributed by atoms with E-state index in [0.29, 0.717) is 142 Å². The van der Waals surface area contributed by atoms with E-state index in [1.54, 1.807) is 4.90 Å². The van der Waals surface area contributed by atoms with Crippen molar-refractivity contribution in [1.29, 1.82) is 0 Å². The molecule has 0 radical (unpaired) electrons. The molecule has 0 bridgehead atoms. The first-order valence-corrected chi connectivity index (χ1v) is 37.3. The zero-order valence-electron chi connectivity index (χ0n) is 65.1. The fourth-order valence-corrected chi connectivity index (χ4v) is 12.3. The van der Waals surface area contributed by atoms with Gasteiger partial charge >= 0.3 is 53.7 Å². The van der Waals surface area contributed by atoms with E-state index in [4.69, 9.17) is 71.1 Å². The van der Waals surface area contributed by atoms with Crippen LogP contribution in [0, 0.1) is 0 Å². The van der Waals surface area contributed by atoms with Crippen LogP contribution in [0.3, 0.4) is 0 Å². The van der Waals surface area contributed by atoms with Crippen LogP contribution in [0.15, 0.2) is 0 Å². The van der Waals surface area contributed by atoms with Crippen molar-refractivity contribution in [2.45, 2.75) is 291 Å². The number of ether oxygens (including phenoxy) is 15. The van der Waals surface area contributed by atoms with Gasteiger partial charge in [0.25, 0.3) is 0 Å². The lowest BCUT2D eigenvalue weighted by atomic mass is 9.96. The van der Waals surface area contributed by atoms with Gasteiger partial charge in [0.1, 0.15) is 56.3 Å². The number of rotatable bonds is 51. The van der Waals surface area contributed by atoms with Crippen LogP contribution >= 0.6 is 0 Å². The topological polar surface area (TPSA) is 470 Å². The van der Waals surface area contributed by atoms with Crippen LogP contribution in [-0.4, -0.2) is 265 Å². The van der Waals surface area contributed by atoms with Crippen molar-refractivity contribution in [3.05, 3.63) is 0 Å². The van der Waals surface area contributed by atoms with Gasteiger partial charge in [0, 0.05) is 148 Å². The standard InChI is InChI=1S/C72H117N7O30/c1-43(80)76-61-67(104-52(10)89)64(101-49(7)86)55(40-98-46(4)83)107-70(61)95-37-22-16-13-19-28-58(92)74-33-25-31-73-32-26-35-79(60(94)30-21-15-18-24-39-97-72-63(78-45(3)82)69(106-54(12)91)66(103-51(9)88)57(109-72)42-100-48(6)85)36-27-34-75-59(93)29-20-14-17-23-38-96-71-62(77-44(2)81)68(105-53(11)90)65(102-50(8)87)56(108-71)41-99-47(5)84/h55-57,61-73H,13-42H2,1-12H3,(H,74,92)(H,75,93)(H,76,80)(H,77,81)(H,78,82)/t55?,56?,57?,61?,62?,63?,64-,65-,66-,67+,68+,69+,70+,71+,72+/m0/s1. The maximum Gasteiger partial charge on any atom is 0.303 e. The highest BCUT2D eigenvalue weighted by atomic mass is 16.7. The number of esters is 9. The van der Waals surface area contributed by atoms with Crippen molar-refractivity contribution in [2.75, 3.05) is 78.9 Å². The van der Waals surface area contributed by atoms with Crippen molar-refractivity contribution in [1.82, 2.24) is 36.8 Å². The fourth-order valence-electron chi connectivity index (χ4n) is 12.3. The summed E-state index contributed by atoms with van der Waals surface area (Å²) in [5.41, 5.74) is 0. The van der Waals surface area contributed by atoms with Gasteiger partial charge in [0.2, 0.25) is 35.4 Å². The summed E-state index contributed by atoms with van der Waals surface area (Å²) in [7, 11) is 0. The van der Waals surface area contributed by atoms with Gasteiger partial charge in [0.05, 0.1) is 0 Å². The molecule has 6 N–H and O–H groups in total. The number of nitrogens with zero attached hydrogens (tertiary/aromatic N) is 1. The van der Waals surface area contributed by atoms with Gasteiger partial charge in [-0.3, -0.25) is 71.9 Å². The fraction of sp³-hybridized carbons (Fsp3) is 0.792. The monoisotopic (exact) mass is 1560 g/mol. The first-order valence-electron chi connectivity index (χ1n) is 37.3. The Hall–Kier alpha value is -8.23. The minimum Gasteiger partial charge on any atom is -0.463 e. The summed E-state index contributed by atoms with van der Waals surface area (Å²) in [6.07, 6.45) is -4.79. The zero-order chi connectivity index (χ0) is 81.0. The van der Waals surface area contributed by atoms with E-state index in [1.807, 2.05) is 0 Å². The van der Waals surface area contributed by atoms with E-state index in [9.17, 15) is 71.9 Å². The molecule has 37 nitrogen and oxygen atoms in total.